The minimum absolute atomic E-state index is 0.000790. The Kier molecular flexibility index (Phi) is 10.9. The van der Waals surface area contributed by atoms with Crippen molar-refractivity contribution >= 4 is 11.8 Å². The molecular weight excluding hydrogens is 318 g/mol. The van der Waals surface area contributed by atoms with Crippen LogP contribution in [0.25, 0.3) is 0 Å². The number of hydrogen-bond acceptors (Lipinski definition) is 4. The van der Waals surface area contributed by atoms with Crippen LogP contribution in [0, 0.1) is 11.8 Å². The van der Waals surface area contributed by atoms with E-state index in [0.717, 1.165) is 12.8 Å². The average Bonchev–Trinajstić information content (AvgIpc) is 2.55. The molecule has 0 fully saturated rings. The molecule has 6 nitrogen and oxygen atoms in total. The third-order valence-electron chi connectivity index (χ3n) is 5.02. The van der Waals surface area contributed by atoms with E-state index in [0.29, 0.717) is 5.92 Å². The number of amides is 2. The van der Waals surface area contributed by atoms with Crippen molar-refractivity contribution in [2.75, 3.05) is 34.8 Å². The lowest BCUT2D eigenvalue weighted by Gasteiger charge is -2.37. The molecule has 4 atom stereocenters. The van der Waals surface area contributed by atoms with Gasteiger partial charge in [0, 0.05) is 14.2 Å². The van der Waals surface area contributed by atoms with Gasteiger partial charge in [-0.1, -0.05) is 41.0 Å². The number of carbonyl (C=O) groups excluding carboxylic acids is 2. The highest BCUT2D eigenvalue weighted by Gasteiger charge is 2.32. The van der Waals surface area contributed by atoms with Crippen molar-refractivity contribution in [3.05, 3.63) is 0 Å². The van der Waals surface area contributed by atoms with Crippen molar-refractivity contribution in [3.8, 4) is 0 Å². The maximum Gasteiger partial charge on any atom is 0.242 e. The Bertz CT molecular complexity index is 401. The summed E-state index contributed by atoms with van der Waals surface area (Å²) in [5, 5.41) is 2.80. The van der Waals surface area contributed by atoms with Crippen LogP contribution in [-0.2, 0) is 14.3 Å². The Hall–Kier alpha value is -1.14. The summed E-state index contributed by atoms with van der Waals surface area (Å²) in [5.74, 6) is 0.296. The molecule has 148 valence electrons. The van der Waals surface area contributed by atoms with Gasteiger partial charge in [0.15, 0.2) is 0 Å². The smallest absolute Gasteiger partial charge is 0.242 e. The van der Waals surface area contributed by atoms with E-state index in [-0.39, 0.29) is 42.5 Å². The first kappa shape index (κ1) is 23.9. The van der Waals surface area contributed by atoms with Gasteiger partial charge in [-0.05, 0) is 32.4 Å². The fourth-order valence-electron chi connectivity index (χ4n) is 3.48. The highest BCUT2D eigenvalue weighted by Crippen LogP contribution is 2.21. The van der Waals surface area contributed by atoms with E-state index in [1.807, 2.05) is 32.8 Å². The summed E-state index contributed by atoms with van der Waals surface area (Å²) in [7, 11) is 7.25. The van der Waals surface area contributed by atoms with Crippen molar-refractivity contribution in [1.82, 2.24) is 15.1 Å². The monoisotopic (exact) mass is 357 g/mol. The minimum atomic E-state index is -0.245. The Balaban J connectivity index is 4.98. The molecule has 1 unspecified atom stereocenters. The molecule has 0 aliphatic carbocycles. The highest BCUT2D eigenvalue weighted by atomic mass is 16.5. The van der Waals surface area contributed by atoms with E-state index in [1.165, 1.54) is 0 Å². The third kappa shape index (κ3) is 6.94. The summed E-state index contributed by atoms with van der Waals surface area (Å²) in [6, 6.07) is -0.245. The zero-order valence-electron chi connectivity index (χ0n) is 17.6. The molecule has 2 amide bonds. The number of rotatable bonds is 11. The van der Waals surface area contributed by atoms with Crippen LogP contribution >= 0.6 is 0 Å². The van der Waals surface area contributed by atoms with Gasteiger partial charge in [0.2, 0.25) is 11.8 Å². The Morgan fingerprint density at radius 1 is 1.04 bits per heavy atom. The SMILES string of the molecule is CC[C@H](C)[C@@H]([C@@H](CC)OC)N(C)C(=O)CNC(=O)C(C(C)C)N(C)C. The topological polar surface area (TPSA) is 61.9 Å². The lowest BCUT2D eigenvalue weighted by Crippen LogP contribution is -2.53. The van der Waals surface area contributed by atoms with Gasteiger partial charge in [0.25, 0.3) is 0 Å². The van der Waals surface area contributed by atoms with Crippen molar-refractivity contribution in [2.24, 2.45) is 11.8 Å². The van der Waals surface area contributed by atoms with Crippen LogP contribution in [-0.4, -0.2) is 74.6 Å². The summed E-state index contributed by atoms with van der Waals surface area (Å²) >= 11 is 0. The van der Waals surface area contributed by atoms with Crippen molar-refractivity contribution in [1.29, 1.82) is 0 Å². The van der Waals surface area contributed by atoms with E-state index in [9.17, 15) is 9.59 Å². The van der Waals surface area contributed by atoms with Gasteiger partial charge in [0.1, 0.15) is 0 Å². The molecule has 0 spiro atoms. The maximum absolute atomic E-state index is 12.6. The quantitative estimate of drug-likeness (QED) is 0.614. The number of carbonyl (C=O) groups is 2. The molecule has 0 bridgehead atoms. The standard InChI is InChI=1S/C19H39N3O3/c1-10-14(5)18(15(11-2)25-9)22(8)16(23)12-20-19(24)17(13(3)4)21(6)7/h13-15,17-18H,10-12H2,1-9H3,(H,20,24)/t14-,15+,17?,18-/m0/s1. The summed E-state index contributed by atoms with van der Waals surface area (Å²) in [6.07, 6.45) is 1.79. The normalized spacial score (nSPS) is 16.4. The maximum atomic E-state index is 12.6. The number of hydrogen-bond donors (Lipinski definition) is 1. The summed E-state index contributed by atoms with van der Waals surface area (Å²) in [5.41, 5.74) is 0. The van der Waals surface area contributed by atoms with Crippen LogP contribution in [0.2, 0.25) is 0 Å². The third-order valence-corrected chi connectivity index (χ3v) is 5.02. The Morgan fingerprint density at radius 2 is 1.60 bits per heavy atom. The first-order valence-electron chi connectivity index (χ1n) is 9.34. The largest absolute Gasteiger partial charge is 0.379 e. The molecule has 0 aromatic heterocycles. The van der Waals surface area contributed by atoms with E-state index in [4.69, 9.17) is 4.74 Å². The first-order chi connectivity index (χ1) is 11.6. The van der Waals surface area contributed by atoms with Crippen LogP contribution in [0.15, 0.2) is 0 Å². The zero-order valence-corrected chi connectivity index (χ0v) is 17.6. The summed E-state index contributed by atoms with van der Waals surface area (Å²) in [4.78, 5) is 28.7. The molecule has 0 saturated carbocycles. The molecule has 0 heterocycles. The lowest BCUT2D eigenvalue weighted by atomic mass is 9.91. The summed E-state index contributed by atoms with van der Waals surface area (Å²) in [6.45, 7) is 10.3. The molecule has 1 N–H and O–H groups in total. The van der Waals surface area contributed by atoms with Gasteiger partial charge < -0.3 is 15.0 Å². The summed E-state index contributed by atoms with van der Waals surface area (Å²) < 4.78 is 5.59. The zero-order chi connectivity index (χ0) is 19.7. The predicted molar refractivity (Wildman–Crippen MR) is 102 cm³/mol. The van der Waals surface area contributed by atoms with Crippen LogP contribution < -0.4 is 5.32 Å². The van der Waals surface area contributed by atoms with Crippen molar-refractivity contribution < 1.29 is 14.3 Å². The molecule has 0 aromatic rings. The second kappa shape index (κ2) is 11.5. The molecule has 6 heteroatoms. The van der Waals surface area contributed by atoms with Crippen molar-refractivity contribution in [3.63, 3.8) is 0 Å². The molecule has 0 aliphatic rings. The number of methoxy groups -OCH3 is 1. The molecule has 0 aromatic carbocycles. The first-order valence-corrected chi connectivity index (χ1v) is 9.34. The Morgan fingerprint density at radius 3 is 1.96 bits per heavy atom. The molecule has 0 aliphatic heterocycles. The molecule has 0 radical (unpaired) electrons. The fraction of sp³-hybridized carbons (Fsp3) is 0.895. The van der Waals surface area contributed by atoms with E-state index >= 15 is 0 Å². The highest BCUT2D eigenvalue weighted by molar-refractivity contribution is 5.87. The van der Waals surface area contributed by atoms with Crippen LogP contribution in [0.3, 0.4) is 0 Å². The van der Waals surface area contributed by atoms with Crippen molar-refractivity contribution in [2.45, 2.75) is 65.6 Å². The molecule has 25 heavy (non-hydrogen) atoms. The van der Waals surface area contributed by atoms with Crippen LogP contribution in [0.5, 0.6) is 0 Å². The molecule has 0 rings (SSSR count). The number of nitrogens with one attached hydrogen (secondary N) is 1. The second-order valence-electron chi connectivity index (χ2n) is 7.43. The number of nitrogens with zero attached hydrogens (tertiary/aromatic N) is 2. The van der Waals surface area contributed by atoms with Gasteiger partial charge in [-0.2, -0.15) is 0 Å². The average molecular weight is 358 g/mol. The Labute approximate surface area is 154 Å². The van der Waals surface area contributed by atoms with E-state index < -0.39 is 0 Å². The van der Waals surface area contributed by atoms with Crippen LogP contribution in [0.4, 0.5) is 0 Å². The van der Waals surface area contributed by atoms with Gasteiger partial charge in [0.05, 0.1) is 24.7 Å². The minimum Gasteiger partial charge on any atom is -0.379 e. The van der Waals surface area contributed by atoms with E-state index in [2.05, 4.69) is 26.1 Å². The molecule has 0 saturated heterocycles. The van der Waals surface area contributed by atoms with Gasteiger partial charge in [-0.25, -0.2) is 0 Å². The van der Waals surface area contributed by atoms with E-state index in [1.54, 1.807) is 19.1 Å². The van der Waals surface area contributed by atoms with Gasteiger partial charge >= 0.3 is 0 Å². The lowest BCUT2D eigenvalue weighted by molar-refractivity contribution is -0.138. The second-order valence-corrected chi connectivity index (χ2v) is 7.43. The van der Waals surface area contributed by atoms with Gasteiger partial charge in [-0.15, -0.1) is 0 Å². The molecular formula is C19H39N3O3. The van der Waals surface area contributed by atoms with Crippen LogP contribution in [0.1, 0.15) is 47.5 Å². The van der Waals surface area contributed by atoms with Gasteiger partial charge in [-0.3, -0.25) is 14.5 Å². The predicted octanol–water partition coefficient (Wildman–Crippen LogP) is 1.99. The number of ether oxygens (including phenoxy) is 1. The number of likely N-dealkylation sites (N-methyl/N-ethyl adjacent to an activating group) is 2. The fourth-order valence-corrected chi connectivity index (χ4v) is 3.48.